The van der Waals surface area contributed by atoms with Crippen LogP contribution in [0.15, 0.2) is 47.6 Å². The molecule has 102 heavy (non-hydrogen) atoms. The zero-order chi connectivity index (χ0) is 76.0. The highest BCUT2D eigenvalue weighted by Crippen LogP contribution is 2.38. The number of Topliss-reactive ketones (excluding diaryl/α,β-unsaturated/α-hetero) is 3. The number of cyclic esters (lactones) is 1. The van der Waals surface area contributed by atoms with E-state index in [0.29, 0.717) is 63.4 Å². The van der Waals surface area contributed by atoms with Crippen LogP contribution in [-0.4, -0.2) is 269 Å². The summed E-state index contributed by atoms with van der Waals surface area (Å²) in [4.78, 5) is 123. The predicted molar refractivity (Wildman–Crippen MR) is 377 cm³/mol. The number of ketones is 3. The maximum absolute atomic E-state index is 14.7. The number of ether oxygens (including phenoxy) is 8. The number of aliphatic hydroxyl groups excluding tert-OH is 6. The molecule has 4 rings (SSSR count). The number of hydrogen-bond acceptors (Lipinski definition) is 27. The van der Waals surface area contributed by atoms with E-state index in [1.807, 2.05) is 51.2 Å². The minimum atomic E-state index is -2.50. The second-order valence-electron chi connectivity index (χ2n) is 27.4. The standard InChI is InChI=1S/C71H114N4O25S2/c1-40-17-13-12-14-18-41(2)56(93-9)35-48-22-20-46(7)71(92,100-48)65(85)67(87)75-26-16-15-19-51(75)69(90)99-57(36-52(77)42(3)32-45(6)61(82)64(95-11)60(81)44(5)31-40)43(4)33-47-21-24-55(58(34-47)94-10)96-27-28-97-70(91)98-29-30-101-102-39-50(68(88)89)74-66(86)49(72-8)23-25-59(80)73-37-53(78)62(83)63(84)54(79)38-76/h12-14,17-18,32,40,42-44,46-51,53-58,61-64,72,76,78-79,82-84,92H,15-16,19-31,33-39H2,1-11H3,(H,73,80)(H,74,86)(H,88,89)/b14-12+,17-13+,41-18+,45-32+/t40-,42-,43-,44-,46-,47+,48+,49+,50+,51+,53+,54-,55-,56+,57+,58-,61-,62-,63-,64+,71-/m1/s1. The number of carbonyl (C=O) groups is 9. The third kappa shape index (κ3) is 27.9. The highest BCUT2D eigenvalue weighted by Gasteiger charge is 2.53. The molecule has 3 fully saturated rings. The summed E-state index contributed by atoms with van der Waals surface area (Å²) in [6.07, 6.45) is 1.49. The number of aliphatic hydroxyl groups is 7. The number of carbonyl (C=O) groups excluding carboxylic acids is 8. The van der Waals surface area contributed by atoms with Crippen molar-refractivity contribution in [1.29, 1.82) is 0 Å². The molecule has 1 aliphatic carbocycles. The number of aliphatic carboxylic acids is 1. The number of piperidine rings is 1. The van der Waals surface area contributed by atoms with Gasteiger partial charge in [-0.15, -0.1) is 0 Å². The summed E-state index contributed by atoms with van der Waals surface area (Å²) in [6, 6.07) is -3.56. The summed E-state index contributed by atoms with van der Waals surface area (Å²) < 4.78 is 46.5. The van der Waals surface area contributed by atoms with Gasteiger partial charge in [0.1, 0.15) is 67.7 Å². The van der Waals surface area contributed by atoms with Gasteiger partial charge in [-0.3, -0.25) is 28.8 Å². The van der Waals surface area contributed by atoms with Gasteiger partial charge in [0.05, 0.1) is 49.8 Å². The first-order valence-electron chi connectivity index (χ1n) is 35.3. The van der Waals surface area contributed by atoms with E-state index in [1.54, 1.807) is 48.0 Å². The Morgan fingerprint density at radius 1 is 0.804 bits per heavy atom. The lowest BCUT2D eigenvalue weighted by Gasteiger charge is -2.42. The van der Waals surface area contributed by atoms with Gasteiger partial charge in [0.15, 0.2) is 5.78 Å². The third-order valence-corrected chi connectivity index (χ3v) is 21.9. The van der Waals surface area contributed by atoms with E-state index in [1.165, 1.54) is 25.0 Å². The number of amides is 3. The van der Waals surface area contributed by atoms with Crippen molar-refractivity contribution in [2.24, 2.45) is 35.5 Å². The van der Waals surface area contributed by atoms with E-state index in [0.717, 1.165) is 21.3 Å². The molecule has 2 saturated heterocycles. The van der Waals surface area contributed by atoms with Crippen molar-refractivity contribution in [3.63, 3.8) is 0 Å². The zero-order valence-electron chi connectivity index (χ0n) is 60.8. The number of rotatable bonds is 29. The topological polar surface area (TPSA) is 429 Å². The van der Waals surface area contributed by atoms with Gasteiger partial charge in [-0.1, -0.05) is 92.7 Å². The van der Waals surface area contributed by atoms with Crippen LogP contribution in [0.5, 0.6) is 0 Å². The van der Waals surface area contributed by atoms with Crippen LogP contribution in [0.3, 0.4) is 0 Å². The van der Waals surface area contributed by atoms with Crippen molar-refractivity contribution in [2.45, 2.75) is 229 Å². The molecule has 21 atom stereocenters. The molecule has 580 valence electrons. The van der Waals surface area contributed by atoms with Crippen molar-refractivity contribution in [3.8, 4) is 0 Å². The van der Waals surface area contributed by atoms with Crippen molar-refractivity contribution >= 4 is 74.8 Å². The zero-order valence-corrected chi connectivity index (χ0v) is 62.5. The maximum Gasteiger partial charge on any atom is 0.508 e. The van der Waals surface area contributed by atoms with Gasteiger partial charge in [-0.05, 0) is 120 Å². The van der Waals surface area contributed by atoms with E-state index >= 15 is 0 Å². The quantitative estimate of drug-likeness (QED) is 0.0168. The Balaban J connectivity index is 1.37. The third-order valence-electron chi connectivity index (χ3n) is 19.6. The van der Waals surface area contributed by atoms with E-state index < -0.39 is 169 Å². The van der Waals surface area contributed by atoms with Crippen LogP contribution in [0.1, 0.15) is 138 Å². The minimum Gasteiger partial charge on any atom is -0.480 e. The lowest BCUT2D eigenvalue weighted by Crippen LogP contribution is -2.61. The molecule has 0 aromatic carbocycles. The average molecular weight is 1490 g/mol. The number of nitrogens with one attached hydrogen (secondary N) is 3. The largest absolute Gasteiger partial charge is 0.508 e. The molecular weight excluding hydrogens is 1370 g/mol. The van der Waals surface area contributed by atoms with Gasteiger partial charge in [-0.2, -0.15) is 0 Å². The highest BCUT2D eigenvalue weighted by molar-refractivity contribution is 8.76. The molecule has 11 N–H and O–H groups in total. The smallest absolute Gasteiger partial charge is 0.480 e. The summed E-state index contributed by atoms with van der Waals surface area (Å²) in [6.45, 7) is 10.8. The normalized spacial score (nSPS) is 31.7. The van der Waals surface area contributed by atoms with Crippen LogP contribution in [-0.2, 0) is 76.3 Å². The Kier molecular flexibility index (Phi) is 39.6. The Morgan fingerprint density at radius 3 is 2.18 bits per heavy atom. The molecule has 2 bridgehead atoms. The van der Waals surface area contributed by atoms with Crippen LogP contribution < -0.4 is 16.0 Å². The lowest BCUT2D eigenvalue weighted by molar-refractivity contribution is -0.265. The fourth-order valence-electron chi connectivity index (χ4n) is 13.1. The van der Waals surface area contributed by atoms with Crippen LogP contribution in [0.2, 0.25) is 0 Å². The van der Waals surface area contributed by atoms with Crippen LogP contribution in [0.4, 0.5) is 4.79 Å². The molecule has 31 heteroatoms. The first kappa shape index (κ1) is 89.2. The number of carboxylic acids is 1. The van der Waals surface area contributed by atoms with Gasteiger partial charge in [-0.25, -0.2) is 14.4 Å². The number of esters is 1. The molecule has 1 saturated carbocycles. The number of likely N-dealkylation sites (N-methyl/N-ethyl adjacent to an activating group) is 1. The first-order valence-corrected chi connectivity index (χ1v) is 37.8. The van der Waals surface area contributed by atoms with Crippen molar-refractivity contribution in [2.75, 3.05) is 79.4 Å². The average Bonchev–Trinajstić information content (AvgIpc) is 0.774. The Labute approximate surface area is 606 Å². The number of allylic oxidation sites excluding steroid dienone is 6. The van der Waals surface area contributed by atoms with Crippen molar-refractivity contribution in [3.05, 3.63) is 47.6 Å². The second kappa shape index (κ2) is 45.3. The molecule has 0 radical (unpaired) electrons. The van der Waals surface area contributed by atoms with E-state index in [-0.39, 0.29) is 93.4 Å². The van der Waals surface area contributed by atoms with Crippen molar-refractivity contribution in [1.82, 2.24) is 20.9 Å². The summed E-state index contributed by atoms with van der Waals surface area (Å²) >= 11 is 0. The molecule has 3 aliphatic heterocycles. The summed E-state index contributed by atoms with van der Waals surface area (Å²) in [7, 11) is 8.16. The van der Waals surface area contributed by atoms with Gasteiger partial charge >= 0.3 is 18.1 Å². The van der Waals surface area contributed by atoms with Gasteiger partial charge in [0, 0.05) is 82.9 Å². The number of nitrogens with zero attached hydrogens (tertiary/aromatic N) is 1. The fourth-order valence-corrected chi connectivity index (χ4v) is 15.1. The molecule has 29 nitrogen and oxygen atoms in total. The van der Waals surface area contributed by atoms with E-state index in [9.17, 15) is 78.9 Å². The van der Waals surface area contributed by atoms with E-state index in [2.05, 4.69) is 16.0 Å². The summed E-state index contributed by atoms with van der Waals surface area (Å²) in [5, 5.41) is 89.2. The summed E-state index contributed by atoms with van der Waals surface area (Å²) in [5.74, 6) is -11.4. The SMILES string of the molecule is CN[C@@H](CCC(=O)NC[C@H](O)[C@@H](O)[C@H](O)[C@H](O)CO)C(=O)N[C@@H](CSSCCOC(=O)OCCO[C@@H]1CC[C@@H](C[C@@H](C)[C@@H]2CC(=O)[C@H](C)/C=C(\C)[C@@H](O)[C@@H](OC)C(=O)[C@H](C)C[C@H](C)/C=C/C=C/C=C(\C)[C@@H](OC)C[C@@H]3CC[C@@H](C)[C@@](O)(O3)C(=O)C(=O)N3CCCC[C@H]3C(=O)O2)C[C@H]1OC)C(=O)O. The molecule has 0 unspecified atom stereocenters. The fraction of sp³-hybridized carbons (Fsp3) is 0.761. The van der Waals surface area contributed by atoms with Crippen LogP contribution >= 0.6 is 21.6 Å². The number of fused-ring (bicyclic) bond motifs is 3. The predicted octanol–water partition coefficient (Wildman–Crippen LogP) is 3.23. The van der Waals surface area contributed by atoms with E-state index in [4.69, 9.17) is 43.0 Å². The summed E-state index contributed by atoms with van der Waals surface area (Å²) in [5.41, 5.74) is 1.17. The Morgan fingerprint density at radius 2 is 1.51 bits per heavy atom. The number of hydrogen-bond donors (Lipinski definition) is 11. The monoisotopic (exact) mass is 1490 g/mol. The maximum atomic E-state index is 14.7. The molecule has 4 aliphatic rings. The molecule has 0 aromatic rings. The van der Waals surface area contributed by atoms with Gasteiger partial charge in [0.25, 0.3) is 11.7 Å². The van der Waals surface area contributed by atoms with Crippen molar-refractivity contribution < 1.29 is 122 Å². The van der Waals surface area contributed by atoms with Gasteiger partial charge < -0.3 is 99.6 Å². The Hall–Kier alpha value is -5.23. The molecule has 0 aromatic heterocycles. The molecule has 3 heterocycles. The highest BCUT2D eigenvalue weighted by atomic mass is 33.1. The number of carboxylic acid groups (broad SMARTS) is 1. The van der Waals surface area contributed by atoms with Crippen LogP contribution in [0.25, 0.3) is 0 Å². The van der Waals surface area contributed by atoms with Gasteiger partial charge in [0.2, 0.25) is 17.6 Å². The lowest BCUT2D eigenvalue weighted by atomic mass is 9.78. The first-order chi connectivity index (χ1) is 48.3. The molecular formula is C71H114N4O25S2. The number of methoxy groups -OCH3 is 3. The molecule has 0 spiro atoms. The van der Waals surface area contributed by atoms with Crippen LogP contribution in [0, 0.1) is 35.5 Å². The Bertz CT molecular complexity index is 2830. The molecule has 3 amide bonds. The second-order valence-corrected chi connectivity index (χ2v) is 30.0. The minimum absolute atomic E-state index is 0.000200.